The van der Waals surface area contributed by atoms with Crippen molar-refractivity contribution in [2.45, 2.75) is 26.5 Å². The average molecular weight is 371 g/mol. The maximum atomic E-state index is 12.5. The molecule has 0 heterocycles. The first-order valence-electron chi connectivity index (χ1n) is 8.47. The van der Waals surface area contributed by atoms with Gasteiger partial charge < -0.3 is 15.4 Å². The van der Waals surface area contributed by atoms with E-state index < -0.39 is 22.9 Å². The molecule has 142 valence electrons. The van der Waals surface area contributed by atoms with Crippen molar-refractivity contribution in [1.82, 2.24) is 5.32 Å². The molecule has 8 heteroatoms. The van der Waals surface area contributed by atoms with Crippen LogP contribution < -0.4 is 10.6 Å². The molecular formula is C19H21N3O5. The molecule has 0 unspecified atom stereocenters. The Bertz CT molecular complexity index is 823. The Hall–Kier alpha value is -3.42. The van der Waals surface area contributed by atoms with Crippen molar-refractivity contribution in [1.29, 1.82) is 0 Å². The molecule has 0 spiro atoms. The molecule has 0 fully saturated rings. The van der Waals surface area contributed by atoms with Gasteiger partial charge in [-0.1, -0.05) is 30.3 Å². The van der Waals surface area contributed by atoms with Crippen LogP contribution in [0.15, 0.2) is 48.5 Å². The maximum absolute atomic E-state index is 12.5. The molecule has 0 radical (unpaired) electrons. The second-order valence-electron chi connectivity index (χ2n) is 5.77. The normalized spacial score (nSPS) is 11.3. The van der Waals surface area contributed by atoms with Crippen LogP contribution in [0.5, 0.6) is 0 Å². The highest BCUT2D eigenvalue weighted by atomic mass is 16.6. The van der Waals surface area contributed by atoms with Gasteiger partial charge in [-0.2, -0.15) is 0 Å². The highest BCUT2D eigenvalue weighted by Gasteiger charge is 2.22. The van der Waals surface area contributed by atoms with Gasteiger partial charge in [0.2, 0.25) is 0 Å². The predicted octanol–water partition coefficient (Wildman–Crippen LogP) is 2.89. The van der Waals surface area contributed by atoms with Crippen LogP contribution in [0.1, 0.15) is 29.8 Å². The third-order valence-electron chi connectivity index (χ3n) is 3.76. The monoisotopic (exact) mass is 371 g/mol. The van der Waals surface area contributed by atoms with Crippen molar-refractivity contribution in [2.75, 3.05) is 11.9 Å². The Morgan fingerprint density at radius 2 is 1.89 bits per heavy atom. The Balaban J connectivity index is 2.22. The van der Waals surface area contributed by atoms with Crippen molar-refractivity contribution >= 4 is 23.3 Å². The van der Waals surface area contributed by atoms with E-state index in [0.717, 1.165) is 11.6 Å². The van der Waals surface area contributed by atoms with Gasteiger partial charge in [-0.25, -0.2) is 4.79 Å². The number of benzene rings is 2. The highest BCUT2D eigenvalue weighted by molar-refractivity contribution is 5.98. The first-order chi connectivity index (χ1) is 12.9. The zero-order valence-corrected chi connectivity index (χ0v) is 15.1. The summed E-state index contributed by atoms with van der Waals surface area (Å²) in [5.41, 5.74) is 1.12. The van der Waals surface area contributed by atoms with Gasteiger partial charge in [0.05, 0.1) is 10.5 Å². The zero-order chi connectivity index (χ0) is 19.8. The SMILES string of the molecule is CCNC(=O)[C@H](C)OC(=O)c1cc([N+](=O)[O-])ccc1NCc1ccccc1. The van der Waals surface area contributed by atoms with Crippen LogP contribution in [-0.4, -0.2) is 29.4 Å². The van der Waals surface area contributed by atoms with Gasteiger partial charge in [-0.05, 0) is 25.5 Å². The van der Waals surface area contributed by atoms with Gasteiger partial charge in [0, 0.05) is 30.9 Å². The number of nitrogens with zero attached hydrogens (tertiary/aromatic N) is 1. The first-order valence-corrected chi connectivity index (χ1v) is 8.47. The van der Waals surface area contributed by atoms with Gasteiger partial charge in [0.15, 0.2) is 6.10 Å². The molecule has 0 saturated carbocycles. The van der Waals surface area contributed by atoms with E-state index in [1.165, 1.54) is 19.1 Å². The van der Waals surface area contributed by atoms with Crippen LogP contribution in [0.3, 0.4) is 0 Å². The number of hydrogen-bond donors (Lipinski definition) is 2. The van der Waals surface area contributed by atoms with Crippen LogP contribution >= 0.6 is 0 Å². The largest absolute Gasteiger partial charge is 0.449 e. The fourth-order valence-corrected chi connectivity index (χ4v) is 2.36. The molecule has 1 atom stereocenters. The summed E-state index contributed by atoms with van der Waals surface area (Å²) in [6, 6.07) is 13.4. The van der Waals surface area contributed by atoms with Crippen molar-refractivity contribution < 1.29 is 19.2 Å². The third kappa shape index (κ3) is 5.53. The minimum absolute atomic E-state index is 0.00344. The molecule has 27 heavy (non-hydrogen) atoms. The molecule has 0 saturated heterocycles. The number of nitro benzene ring substituents is 1. The van der Waals surface area contributed by atoms with E-state index >= 15 is 0 Å². The lowest BCUT2D eigenvalue weighted by Crippen LogP contribution is -2.35. The van der Waals surface area contributed by atoms with Crippen molar-refractivity contribution in [3.05, 3.63) is 69.8 Å². The molecule has 8 nitrogen and oxygen atoms in total. The molecule has 0 aliphatic rings. The van der Waals surface area contributed by atoms with Crippen LogP contribution in [0.2, 0.25) is 0 Å². The van der Waals surface area contributed by atoms with E-state index in [2.05, 4.69) is 10.6 Å². The Kier molecular flexibility index (Phi) is 6.87. The number of likely N-dealkylation sites (N-methyl/N-ethyl adjacent to an activating group) is 1. The zero-order valence-electron chi connectivity index (χ0n) is 15.1. The fourth-order valence-electron chi connectivity index (χ4n) is 2.36. The molecule has 2 rings (SSSR count). The predicted molar refractivity (Wildman–Crippen MR) is 100 cm³/mol. The van der Waals surface area contributed by atoms with Crippen molar-refractivity contribution in [2.24, 2.45) is 0 Å². The molecule has 1 amide bonds. The minimum atomic E-state index is -1.02. The number of esters is 1. The number of carbonyl (C=O) groups is 2. The van der Waals surface area contributed by atoms with E-state index in [9.17, 15) is 19.7 Å². The third-order valence-corrected chi connectivity index (χ3v) is 3.76. The summed E-state index contributed by atoms with van der Waals surface area (Å²) in [6.07, 6.45) is -1.02. The summed E-state index contributed by atoms with van der Waals surface area (Å²) in [6.45, 7) is 4.02. The highest BCUT2D eigenvalue weighted by Crippen LogP contribution is 2.24. The van der Waals surface area contributed by atoms with Crippen LogP contribution in [-0.2, 0) is 16.1 Å². The smallest absolute Gasteiger partial charge is 0.341 e. The topological polar surface area (TPSA) is 111 Å². The van der Waals surface area contributed by atoms with E-state index in [-0.39, 0.29) is 11.3 Å². The minimum Gasteiger partial charge on any atom is -0.449 e. The maximum Gasteiger partial charge on any atom is 0.341 e. The summed E-state index contributed by atoms with van der Waals surface area (Å²) in [4.78, 5) is 34.7. The quantitative estimate of drug-likeness (QED) is 0.419. The Morgan fingerprint density at radius 3 is 2.52 bits per heavy atom. The lowest BCUT2D eigenvalue weighted by molar-refractivity contribution is -0.384. The lowest BCUT2D eigenvalue weighted by Gasteiger charge is -2.15. The number of non-ortho nitro benzene ring substituents is 1. The van der Waals surface area contributed by atoms with Crippen LogP contribution in [0.25, 0.3) is 0 Å². The number of ether oxygens (including phenoxy) is 1. The summed E-state index contributed by atoms with van der Waals surface area (Å²) in [7, 11) is 0. The molecule has 0 aliphatic carbocycles. The van der Waals surface area contributed by atoms with Gasteiger partial charge in [0.1, 0.15) is 0 Å². The molecular weight excluding hydrogens is 350 g/mol. The summed E-state index contributed by atoms with van der Waals surface area (Å²) >= 11 is 0. The number of carbonyl (C=O) groups excluding carboxylic acids is 2. The van der Waals surface area contributed by atoms with Gasteiger partial charge >= 0.3 is 5.97 Å². The summed E-state index contributed by atoms with van der Waals surface area (Å²) in [5, 5.41) is 16.7. The van der Waals surface area contributed by atoms with Crippen LogP contribution in [0.4, 0.5) is 11.4 Å². The number of rotatable bonds is 8. The van der Waals surface area contributed by atoms with Crippen molar-refractivity contribution in [3.8, 4) is 0 Å². The molecule has 2 aromatic rings. The number of anilines is 1. The Morgan fingerprint density at radius 1 is 1.19 bits per heavy atom. The summed E-state index contributed by atoms with van der Waals surface area (Å²) < 4.78 is 5.16. The second-order valence-corrected chi connectivity index (χ2v) is 5.77. The molecule has 0 aromatic heterocycles. The average Bonchev–Trinajstić information content (AvgIpc) is 2.67. The number of amides is 1. The summed E-state index contributed by atoms with van der Waals surface area (Å²) in [5.74, 6) is -1.25. The van der Waals surface area contributed by atoms with Crippen LogP contribution in [0, 0.1) is 10.1 Å². The first kappa shape index (κ1) is 19.9. The molecule has 0 aliphatic heterocycles. The number of nitrogens with one attached hydrogen (secondary N) is 2. The van der Waals surface area contributed by atoms with E-state index in [0.29, 0.717) is 18.8 Å². The van der Waals surface area contributed by atoms with Gasteiger partial charge in [-0.15, -0.1) is 0 Å². The van der Waals surface area contributed by atoms with Gasteiger partial charge in [0.25, 0.3) is 11.6 Å². The molecule has 2 N–H and O–H groups in total. The lowest BCUT2D eigenvalue weighted by atomic mass is 10.1. The molecule has 0 bridgehead atoms. The Labute approximate surface area is 156 Å². The standard InChI is InChI=1S/C19H21N3O5/c1-3-20-18(23)13(2)27-19(24)16-11-15(22(25)26)9-10-17(16)21-12-14-7-5-4-6-8-14/h4-11,13,21H,3,12H2,1-2H3,(H,20,23)/t13-/m0/s1. The van der Waals surface area contributed by atoms with Gasteiger partial charge in [-0.3, -0.25) is 14.9 Å². The van der Waals surface area contributed by atoms with E-state index in [1.807, 2.05) is 30.3 Å². The fraction of sp³-hybridized carbons (Fsp3) is 0.263. The van der Waals surface area contributed by atoms with E-state index in [1.54, 1.807) is 6.92 Å². The van der Waals surface area contributed by atoms with E-state index in [4.69, 9.17) is 4.74 Å². The molecule has 2 aromatic carbocycles. The number of hydrogen-bond acceptors (Lipinski definition) is 6. The number of nitro groups is 1. The second kappa shape index (κ2) is 9.33. The van der Waals surface area contributed by atoms with Crippen molar-refractivity contribution in [3.63, 3.8) is 0 Å².